The quantitative estimate of drug-likeness (QED) is 0.669. The predicted octanol–water partition coefficient (Wildman–Crippen LogP) is 3.77. The zero-order chi connectivity index (χ0) is 15.4. The smallest absolute Gasteiger partial charge is 0.299 e. The lowest BCUT2D eigenvalue weighted by atomic mass is 10.2. The Morgan fingerprint density at radius 2 is 1.67 bits per heavy atom. The molecule has 0 unspecified atom stereocenters. The third-order valence-electron chi connectivity index (χ3n) is 2.79. The highest BCUT2D eigenvalue weighted by Gasteiger charge is 2.19. The van der Waals surface area contributed by atoms with Gasteiger partial charge in [-0.25, -0.2) is 0 Å². The first-order chi connectivity index (χ1) is 9.97. The summed E-state index contributed by atoms with van der Waals surface area (Å²) in [4.78, 5) is 20.3. The third kappa shape index (κ3) is 3.67. The molecule has 0 radical (unpaired) electrons. The molecule has 2 aromatic carbocycles. The summed E-state index contributed by atoms with van der Waals surface area (Å²) in [5.74, 6) is 0. The van der Waals surface area contributed by atoms with Crippen LogP contribution in [0, 0.1) is 20.2 Å². The molecule has 0 atom stereocenters. The van der Waals surface area contributed by atoms with Crippen LogP contribution < -0.4 is 5.32 Å². The van der Waals surface area contributed by atoms with Gasteiger partial charge in [0, 0.05) is 17.6 Å². The largest absolute Gasteiger partial charge is 0.375 e. The van der Waals surface area contributed by atoms with E-state index in [2.05, 4.69) is 5.32 Å². The predicted molar refractivity (Wildman–Crippen MR) is 78.5 cm³/mol. The summed E-state index contributed by atoms with van der Waals surface area (Å²) >= 11 is 5.77. The second-order valence-corrected chi connectivity index (χ2v) is 4.63. The van der Waals surface area contributed by atoms with Gasteiger partial charge in [0.15, 0.2) is 0 Å². The first-order valence-electron chi connectivity index (χ1n) is 5.88. The van der Waals surface area contributed by atoms with Crippen molar-refractivity contribution in [3.8, 4) is 0 Å². The summed E-state index contributed by atoms with van der Waals surface area (Å²) < 4.78 is 0. The molecule has 0 amide bonds. The molecule has 7 nitrogen and oxygen atoms in total. The van der Waals surface area contributed by atoms with Crippen LogP contribution >= 0.6 is 11.6 Å². The Bertz CT molecular complexity index is 688. The summed E-state index contributed by atoms with van der Waals surface area (Å²) in [5.41, 5.74) is 0.449. The van der Waals surface area contributed by atoms with Crippen molar-refractivity contribution in [2.45, 2.75) is 6.54 Å². The van der Waals surface area contributed by atoms with Crippen LogP contribution in [0.1, 0.15) is 5.56 Å². The number of nitro benzene ring substituents is 2. The van der Waals surface area contributed by atoms with Crippen molar-refractivity contribution in [1.29, 1.82) is 0 Å². The monoisotopic (exact) mass is 307 g/mol. The van der Waals surface area contributed by atoms with E-state index in [1.165, 1.54) is 12.1 Å². The number of hydrogen-bond acceptors (Lipinski definition) is 5. The number of rotatable bonds is 5. The topological polar surface area (TPSA) is 98.3 Å². The molecule has 1 N–H and O–H groups in total. The van der Waals surface area contributed by atoms with E-state index in [1.807, 2.05) is 0 Å². The van der Waals surface area contributed by atoms with Crippen molar-refractivity contribution in [2.24, 2.45) is 0 Å². The minimum Gasteiger partial charge on any atom is -0.375 e. The van der Waals surface area contributed by atoms with Crippen LogP contribution in [0.3, 0.4) is 0 Å². The highest BCUT2D eigenvalue weighted by atomic mass is 35.5. The molecule has 0 aromatic heterocycles. The normalized spacial score (nSPS) is 10.1. The standard InChI is InChI=1S/C13H10ClN3O4/c14-10-3-1-9(2-4-10)8-15-12-6-5-11(16(18)19)7-13(12)17(20)21/h1-7,15H,8H2. The summed E-state index contributed by atoms with van der Waals surface area (Å²) in [6.45, 7) is 0.343. The molecule has 0 spiro atoms. The molecule has 0 bridgehead atoms. The van der Waals surface area contributed by atoms with Gasteiger partial charge in [0.25, 0.3) is 11.4 Å². The Kier molecular flexibility index (Phi) is 4.34. The van der Waals surface area contributed by atoms with E-state index >= 15 is 0 Å². The van der Waals surface area contributed by atoms with Crippen LogP contribution in [0.5, 0.6) is 0 Å². The molecular formula is C13H10ClN3O4. The highest BCUT2D eigenvalue weighted by Crippen LogP contribution is 2.29. The first kappa shape index (κ1) is 14.7. The Labute approximate surface area is 124 Å². The van der Waals surface area contributed by atoms with Crippen molar-refractivity contribution in [1.82, 2.24) is 0 Å². The van der Waals surface area contributed by atoms with Crippen LogP contribution in [0.25, 0.3) is 0 Å². The van der Waals surface area contributed by atoms with Gasteiger partial charge in [0.1, 0.15) is 5.69 Å². The molecule has 21 heavy (non-hydrogen) atoms. The summed E-state index contributed by atoms with van der Waals surface area (Å²) in [7, 11) is 0. The van der Waals surface area contributed by atoms with Gasteiger partial charge in [-0.15, -0.1) is 0 Å². The second kappa shape index (κ2) is 6.19. The molecule has 0 fully saturated rings. The van der Waals surface area contributed by atoms with E-state index in [1.54, 1.807) is 24.3 Å². The average Bonchev–Trinajstić information content (AvgIpc) is 2.46. The van der Waals surface area contributed by atoms with E-state index in [4.69, 9.17) is 11.6 Å². The molecular weight excluding hydrogens is 298 g/mol. The van der Waals surface area contributed by atoms with Crippen molar-refractivity contribution < 1.29 is 9.85 Å². The molecule has 0 saturated carbocycles. The molecule has 2 rings (SSSR count). The van der Waals surface area contributed by atoms with E-state index in [0.29, 0.717) is 11.6 Å². The van der Waals surface area contributed by atoms with Gasteiger partial charge in [-0.05, 0) is 23.8 Å². The van der Waals surface area contributed by atoms with Gasteiger partial charge in [-0.2, -0.15) is 0 Å². The maximum atomic E-state index is 11.0. The number of hydrogen-bond donors (Lipinski definition) is 1. The minimum atomic E-state index is -0.671. The van der Waals surface area contributed by atoms with E-state index in [0.717, 1.165) is 11.6 Å². The minimum absolute atomic E-state index is 0.223. The number of nitrogens with one attached hydrogen (secondary N) is 1. The number of non-ortho nitro benzene ring substituents is 1. The van der Waals surface area contributed by atoms with Crippen LogP contribution in [-0.2, 0) is 6.54 Å². The summed E-state index contributed by atoms with van der Waals surface area (Å²) in [5, 5.41) is 25.1. The maximum Gasteiger partial charge on any atom is 0.299 e. The molecule has 108 valence electrons. The van der Waals surface area contributed by atoms with Gasteiger partial charge in [0.2, 0.25) is 0 Å². The fourth-order valence-corrected chi connectivity index (χ4v) is 1.86. The van der Waals surface area contributed by atoms with Gasteiger partial charge in [-0.1, -0.05) is 23.7 Å². The Morgan fingerprint density at radius 3 is 2.24 bits per heavy atom. The Hall–Kier alpha value is -2.67. The van der Waals surface area contributed by atoms with E-state index in [9.17, 15) is 20.2 Å². The Balaban J connectivity index is 2.21. The third-order valence-corrected chi connectivity index (χ3v) is 3.04. The second-order valence-electron chi connectivity index (χ2n) is 4.20. The zero-order valence-corrected chi connectivity index (χ0v) is 11.4. The van der Waals surface area contributed by atoms with Crippen molar-refractivity contribution >= 4 is 28.7 Å². The van der Waals surface area contributed by atoms with Crippen molar-refractivity contribution in [3.05, 3.63) is 73.3 Å². The number of benzene rings is 2. The van der Waals surface area contributed by atoms with Crippen molar-refractivity contribution in [2.75, 3.05) is 5.32 Å². The average molecular weight is 308 g/mol. The van der Waals surface area contributed by atoms with E-state index in [-0.39, 0.29) is 17.1 Å². The van der Waals surface area contributed by atoms with Crippen LogP contribution in [0.2, 0.25) is 5.02 Å². The van der Waals surface area contributed by atoms with Gasteiger partial charge < -0.3 is 5.32 Å². The van der Waals surface area contributed by atoms with Gasteiger partial charge in [0.05, 0.1) is 15.9 Å². The van der Waals surface area contributed by atoms with Crippen LogP contribution in [0.15, 0.2) is 42.5 Å². The zero-order valence-electron chi connectivity index (χ0n) is 10.7. The lowest BCUT2D eigenvalue weighted by Gasteiger charge is -2.07. The van der Waals surface area contributed by atoms with Crippen LogP contribution in [0.4, 0.5) is 17.1 Å². The Morgan fingerprint density at radius 1 is 1.00 bits per heavy atom. The van der Waals surface area contributed by atoms with Gasteiger partial charge >= 0.3 is 0 Å². The number of anilines is 1. The number of nitrogens with zero attached hydrogens (tertiary/aromatic N) is 2. The number of halogens is 1. The molecule has 2 aromatic rings. The molecule has 0 aliphatic carbocycles. The van der Waals surface area contributed by atoms with Gasteiger partial charge in [-0.3, -0.25) is 20.2 Å². The summed E-state index contributed by atoms with van der Waals surface area (Å²) in [6, 6.07) is 10.5. The molecule has 0 saturated heterocycles. The van der Waals surface area contributed by atoms with E-state index < -0.39 is 9.85 Å². The summed E-state index contributed by atoms with van der Waals surface area (Å²) in [6.07, 6.45) is 0. The molecule has 8 heteroatoms. The van der Waals surface area contributed by atoms with Crippen molar-refractivity contribution in [3.63, 3.8) is 0 Å². The molecule has 0 heterocycles. The highest BCUT2D eigenvalue weighted by molar-refractivity contribution is 6.30. The first-order valence-corrected chi connectivity index (χ1v) is 6.26. The van der Waals surface area contributed by atoms with Crippen LogP contribution in [-0.4, -0.2) is 9.85 Å². The fourth-order valence-electron chi connectivity index (χ4n) is 1.73. The molecule has 0 aliphatic heterocycles. The SMILES string of the molecule is O=[N+]([O-])c1ccc(NCc2ccc(Cl)cc2)c([N+](=O)[O-])c1. The number of nitro groups is 2. The lowest BCUT2D eigenvalue weighted by Crippen LogP contribution is -2.03. The maximum absolute atomic E-state index is 11.0. The fraction of sp³-hybridized carbons (Fsp3) is 0.0769. The molecule has 0 aliphatic rings. The lowest BCUT2D eigenvalue weighted by molar-refractivity contribution is -0.393.